The molecule has 0 radical (unpaired) electrons. The number of rotatable bonds is 5. The number of hydrogen-bond acceptors (Lipinski definition) is 4. The molecule has 1 aromatic heterocycles. The summed E-state index contributed by atoms with van der Waals surface area (Å²) in [5.74, 6) is 0.395. The van der Waals surface area contributed by atoms with E-state index >= 15 is 0 Å². The van der Waals surface area contributed by atoms with Gasteiger partial charge in [0.2, 0.25) is 12.1 Å². The molecular formula is C27H18F6N2O2. The zero-order valence-electron chi connectivity index (χ0n) is 18.9. The Morgan fingerprint density at radius 3 is 2.03 bits per heavy atom. The van der Waals surface area contributed by atoms with Crippen molar-refractivity contribution in [2.45, 2.75) is 25.1 Å². The molecule has 2 heterocycles. The van der Waals surface area contributed by atoms with Gasteiger partial charge in [-0.2, -0.15) is 26.3 Å². The summed E-state index contributed by atoms with van der Waals surface area (Å²) in [4.78, 5) is 6.94. The number of benzene rings is 3. The fourth-order valence-corrected chi connectivity index (χ4v) is 4.17. The second-order valence-electron chi connectivity index (χ2n) is 8.34. The molecule has 0 aliphatic carbocycles. The van der Waals surface area contributed by atoms with Crippen molar-refractivity contribution >= 4 is 5.84 Å². The minimum absolute atomic E-state index is 0.0624. The summed E-state index contributed by atoms with van der Waals surface area (Å²) >= 11 is 0. The van der Waals surface area contributed by atoms with E-state index in [0.29, 0.717) is 12.1 Å². The van der Waals surface area contributed by atoms with Crippen molar-refractivity contribution in [2.75, 3.05) is 0 Å². The van der Waals surface area contributed by atoms with Crippen LogP contribution in [-0.2, 0) is 23.7 Å². The predicted molar refractivity (Wildman–Crippen MR) is 123 cm³/mol. The third kappa shape index (κ3) is 5.04. The van der Waals surface area contributed by atoms with Crippen molar-refractivity contribution in [1.29, 1.82) is 0 Å². The summed E-state index contributed by atoms with van der Waals surface area (Å²) < 4.78 is 86.7. The lowest BCUT2D eigenvalue weighted by atomic mass is 9.98. The first kappa shape index (κ1) is 24.5. The lowest BCUT2D eigenvalue weighted by molar-refractivity contribution is -0.143. The molecule has 1 aliphatic heterocycles. The number of amidine groups is 1. The molecule has 1 aliphatic rings. The van der Waals surface area contributed by atoms with Gasteiger partial charge in [0.1, 0.15) is 0 Å². The first-order valence-electron chi connectivity index (χ1n) is 11.1. The Hall–Kier alpha value is -4.21. The highest BCUT2D eigenvalue weighted by Crippen LogP contribution is 2.41. The van der Waals surface area contributed by atoms with Crippen molar-refractivity contribution in [3.63, 3.8) is 0 Å². The van der Waals surface area contributed by atoms with Crippen LogP contribution in [0, 0.1) is 0 Å². The molecule has 1 atom stereocenters. The molecule has 190 valence electrons. The molecule has 0 saturated carbocycles. The standard InChI is InChI=1S/C27H18F6N2O2/c28-26(29,30)20-13-19(14-21(15-20)27(31,32)33)25-35(24(34-37-25)23-11-6-12-36-23)16-18-9-4-5-10-22(18)17-7-2-1-3-8-17/h1-15,25H,16H2. The summed E-state index contributed by atoms with van der Waals surface area (Å²) in [5.41, 5.74) is -0.720. The molecule has 0 fully saturated rings. The van der Waals surface area contributed by atoms with Gasteiger partial charge in [-0.3, -0.25) is 0 Å². The Morgan fingerprint density at radius 1 is 0.757 bits per heavy atom. The number of alkyl halides is 6. The predicted octanol–water partition coefficient (Wildman–Crippen LogP) is 7.88. The van der Waals surface area contributed by atoms with Gasteiger partial charge < -0.3 is 14.2 Å². The largest absolute Gasteiger partial charge is 0.461 e. The Labute approximate surface area is 207 Å². The topological polar surface area (TPSA) is 38.0 Å². The molecule has 0 amide bonds. The van der Waals surface area contributed by atoms with Gasteiger partial charge in [0.05, 0.1) is 17.4 Å². The molecule has 3 aromatic carbocycles. The van der Waals surface area contributed by atoms with Crippen LogP contribution >= 0.6 is 0 Å². The van der Waals surface area contributed by atoms with Crippen LogP contribution in [0.25, 0.3) is 11.1 Å². The zero-order valence-corrected chi connectivity index (χ0v) is 18.9. The molecule has 10 heteroatoms. The minimum Gasteiger partial charge on any atom is -0.461 e. The number of hydrogen-bond donors (Lipinski definition) is 0. The van der Waals surface area contributed by atoms with E-state index in [1.807, 2.05) is 48.5 Å². The third-order valence-corrected chi connectivity index (χ3v) is 5.87. The molecule has 0 bridgehead atoms. The van der Waals surface area contributed by atoms with Gasteiger partial charge >= 0.3 is 12.4 Å². The molecule has 0 N–H and O–H groups in total. The summed E-state index contributed by atoms with van der Waals surface area (Å²) in [6.45, 7) is 0.0624. The molecule has 1 unspecified atom stereocenters. The molecule has 0 saturated heterocycles. The van der Waals surface area contributed by atoms with E-state index in [-0.39, 0.29) is 29.8 Å². The maximum atomic E-state index is 13.5. The molecule has 5 rings (SSSR count). The number of nitrogens with zero attached hydrogens (tertiary/aromatic N) is 2. The fourth-order valence-electron chi connectivity index (χ4n) is 4.17. The average Bonchev–Trinajstić information content (AvgIpc) is 3.54. The van der Waals surface area contributed by atoms with Crippen LogP contribution < -0.4 is 0 Å². The average molecular weight is 516 g/mol. The normalized spacial score (nSPS) is 16.0. The van der Waals surface area contributed by atoms with Crippen molar-refractivity contribution in [3.05, 3.63) is 119 Å². The fraction of sp³-hybridized carbons (Fsp3) is 0.148. The highest BCUT2D eigenvalue weighted by atomic mass is 19.4. The highest BCUT2D eigenvalue weighted by molar-refractivity contribution is 5.97. The molecular weight excluding hydrogens is 498 g/mol. The monoisotopic (exact) mass is 516 g/mol. The van der Waals surface area contributed by atoms with Gasteiger partial charge in [0, 0.05) is 12.1 Å². The third-order valence-electron chi connectivity index (χ3n) is 5.87. The maximum absolute atomic E-state index is 13.5. The van der Waals surface area contributed by atoms with Gasteiger partial charge in [0.15, 0.2) is 5.76 Å². The lowest BCUT2D eigenvalue weighted by Gasteiger charge is -2.27. The summed E-state index contributed by atoms with van der Waals surface area (Å²) in [6.07, 6.45) is -9.98. The van der Waals surface area contributed by atoms with E-state index in [1.165, 1.54) is 11.2 Å². The maximum Gasteiger partial charge on any atom is 0.416 e. The SMILES string of the molecule is FC(F)(F)c1cc(C2ON=C(c3ccco3)N2Cc2ccccc2-c2ccccc2)cc(C(F)(F)F)c1. The molecule has 0 spiro atoms. The minimum atomic E-state index is -5.00. The summed E-state index contributed by atoms with van der Waals surface area (Å²) in [6, 6.07) is 21.3. The quantitative estimate of drug-likeness (QED) is 0.253. The first-order valence-corrected chi connectivity index (χ1v) is 11.1. The van der Waals surface area contributed by atoms with E-state index in [2.05, 4.69) is 5.16 Å². The number of oxime groups is 1. The van der Waals surface area contributed by atoms with Crippen LogP contribution in [0.15, 0.2) is 101 Å². The van der Waals surface area contributed by atoms with Crippen molar-refractivity contribution < 1.29 is 35.6 Å². The van der Waals surface area contributed by atoms with E-state index in [0.717, 1.165) is 16.7 Å². The van der Waals surface area contributed by atoms with E-state index in [4.69, 9.17) is 9.25 Å². The van der Waals surface area contributed by atoms with Crippen LogP contribution in [0.2, 0.25) is 0 Å². The summed E-state index contributed by atoms with van der Waals surface area (Å²) in [7, 11) is 0. The number of furan rings is 1. The zero-order chi connectivity index (χ0) is 26.2. The lowest BCUT2D eigenvalue weighted by Crippen LogP contribution is -2.31. The van der Waals surface area contributed by atoms with E-state index in [1.54, 1.807) is 18.2 Å². The van der Waals surface area contributed by atoms with Crippen molar-refractivity contribution in [3.8, 4) is 11.1 Å². The Balaban J connectivity index is 1.60. The van der Waals surface area contributed by atoms with Crippen molar-refractivity contribution in [1.82, 2.24) is 4.90 Å². The van der Waals surface area contributed by atoms with Crippen LogP contribution in [0.4, 0.5) is 26.3 Å². The highest BCUT2D eigenvalue weighted by Gasteiger charge is 2.41. The molecule has 4 aromatic rings. The first-order chi connectivity index (χ1) is 17.6. The van der Waals surface area contributed by atoms with Crippen LogP contribution in [-0.4, -0.2) is 10.7 Å². The van der Waals surface area contributed by atoms with Crippen LogP contribution in [0.5, 0.6) is 0 Å². The Kier molecular flexibility index (Phi) is 6.18. The van der Waals surface area contributed by atoms with E-state index < -0.39 is 29.7 Å². The molecule has 37 heavy (non-hydrogen) atoms. The summed E-state index contributed by atoms with van der Waals surface area (Å²) in [5, 5.41) is 3.99. The number of halogens is 6. The Bertz CT molecular complexity index is 1380. The van der Waals surface area contributed by atoms with Crippen LogP contribution in [0.1, 0.15) is 34.2 Å². The Morgan fingerprint density at radius 2 is 1.41 bits per heavy atom. The van der Waals surface area contributed by atoms with Gasteiger partial charge in [0.25, 0.3) is 0 Å². The van der Waals surface area contributed by atoms with Gasteiger partial charge in [-0.25, -0.2) is 0 Å². The van der Waals surface area contributed by atoms with Crippen molar-refractivity contribution in [2.24, 2.45) is 5.16 Å². The second kappa shape index (κ2) is 9.34. The van der Waals surface area contributed by atoms with Gasteiger partial charge in [-0.05, 0) is 47.0 Å². The van der Waals surface area contributed by atoms with Gasteiger partial charge in [-0.1, -0.05) is 59.8 Å². The van der Waals surface area contributed by atoms with Crippen LogP contribution in [0.3, 0.4) is 0 Å². The second-order valence-corrected chi connectivity index (χ2v) is 8.34. The molecule has 4 nitrogen and oxygen atoms in total. The van der Waals surface area contributed by atoms with E-state index in [9.17, 15) is 26.3 Å². The van der Waals surface area contributed by atoms with Gasteiger partial charge in [-0.15, -0.1) is 0 Å². The smallest absolute Gasteiger partial charge is 0.416 e.